The lowest BCUT2D eigenvalue weighted by Gasteiger charge is -2.30. The van der Waals surface area contributed by atoms with Crippen molar-refractivity contribution in [3.63, 3.8) is 0 Å². The van der Waals surface area contributed by atoms with E-state index in [1.807, 2.05) is 14.0 Å². The zero-order valence-electron chi connectivity index (χ0n) is 8.99. The van der Waals surface area contributed by atoms with Crippen molar-refractivity contribution >= 4 is 5.91 Å². The summed E-state index contributed by atoms with van der Waals surface area (Å²) < 4.78 is 0. The first kappa shape index (κ1) is 11.5. The Kier molecular flexibility index (Phi) is 4.35. The summed E-state index contributed by atoms with van der Waals surface area (Å²) >= 11 is 0. The van der Waals surface area contributed by atoms with Gasteiger partial charge in [0.15, 0.2) is 0 Å². The van der Waals surface area contributed by atoms with Crippen LogP contribution in [0.2, 0.25) is 0 Å². The van der Waals surface area contributed by atoms with E-state index in [1.54, 1.807) is 4.90 Å². The highest BCUT2D eigenvalue weighted by atomic mass is 16.3. The third-order valence-corrected chi connectivity index (χ3v) is 2.74. The first-order valence-corrected chi connectivity index (χ1v) is 5.29. The van der Waals surface area contributed by atoms with Crippen molar-refractivity contribution in [3.05, 3.63) is 0 Å². The minimum absolute atomic E-state index is 0.221. The number of likely N-dealkylation sites (tertiary alicyclic amines) is 1. The summed E-state index contributed by atoms with van der Waals surface area (Å²) in [5.74, 6) is 0.221. The number of hydrogen-bond donors (Lipinski definition) is 2. The number of hydrogen-bond acceptors (Lipinski definition) is 3. The molecule has 2 atom stereocenters. The fourth-order valence-electron chi connectivity index (χ4n) is 1.63. The molecule has 0 aromatic heterocycles. The van der Waals surface area contributed by atoms with Crippen molar-refractivity contribution in [1.82, 2.24) is 10.2 Å². The molecule has 4 heteroatoms. The molecule has 0 saturated carbocycles. The predicted octanol–water partition coefficient (Wildman–Crippen LogP) is -0.0323. The zero-order valence-corrected chi connectivity index (χ0v) is 8.99. The Morgan fingerprint density at radius 3 is 3.00 bits per heavy atom. The minimum atomic E-state index is -0.266. The first-order chi connectivity index (χ1) is 6.63. The van der Waals surface area contributed by atoms with E-state index < -0.39 is 0 Å². The van der Waals surface area contributed by atoms with E-state index in [9.17, 15) is 9.90 Å². The van der Waals surface area contributed by atoms with Gasteiger partial charge in [0.05, 0.1) is 6.10 Å². The number of aliphatic hydroxyl groups excluding tert-OH is 1. The van der Waals surface area contributed by atoms with Crippen LogP contribution in [-0.4, -0.2) is 48.2 Å². The van der Waals surface area contributed by atoms with Gasteiger partial charge in [-0.2, -0.15) is 0 Å². The summed E-state index contributed by atoms with van der Waals surface area (Å²) in [6.45, 7) is 3.35. The molecule has 1 aliphatic rings. The molecule has 0 aliphatic carbocycles. The monoisotopic (exact) mass is 200 g/mol. The second-order valence-electron chi connectivity index (χ2n) is 3.98. The van der Waals surface area contributed by atoms with Gasteiger partial charge in [-0.3, -0.25) is 4.79 Å². The number of likely N-dealkylation sites (N-methyl/N-ethyl adjacent to an activating group) is 1. The Morgan fingerprint density at radius 1 is 1.71 bits per heavy atom. The fraction of sp³-hybridized carbons (Fsp3) is 0.900. The molecule has 1 fully saturated rings. The second-order valence-corrected chi connectivity index (χ2v) is 3.98. The van der Waals surface area contributed by atoms with Gasteiger partial charge in [-0.25, -0.2) is 0 Å². The lowest BCUT2D eigenvalue weighted by Crippen LogP contribution is -2.48. The van der Waals surface area contributed by atoms with E-state index in [0.717, 1.165) is 19.4 Å². The summed E-state index contributed by atoms with van der Waals surface area (Å²) in [5, 5.41) is 12.6. The van der Waals surface area contributed by atoms with Crippen LogP contribution in [0.1, 0.15) is 26.2 Å². The predicted molar refractivity (Wildman–Crippen MR) is 55.0 cm³/mol. The lowest BCUT2D eigenvalue weighted by molar-refractivity contribution is -0.132. The number of nitrogens with zero attached hydrogens (tertiary/aromatic N) is 1. The molecular formula is C10H20N2O2. The van der Waals surface area contributed by atoms with Crippen LogP contribution in [0.3, 0.4) is 0 Å². The molecule has 1 aliphatic heterocycles. The number of nitrogens with one attached hydrogen (secondary N) is 1. The molecule has 0 aromatic carbocycles. The molecule has 14 heavy (non-hydrogen) atoms. The third-order valence-electron chi connectivity index (χ3n) is 2.74. The van der Waals surface area contributed by atoms with E-state index in [-0.39, 0.29) is 12.0 Å². The van der Waals surface area contributed by atoms with Crippen LogP contribution in [0.25, 0.3) is 0 Å². The SMILES string of the molecule is CCC(O)CNC1CCC(=O)N(C)C1. The fourth-order valence-corrected chi connectivity index (χ4v) is 1.63. The van der Waals surface area contributed by atoms with Gasteiger partial charge in [-0.1, -0.05) is 6.92 Å². The van der Waals surface area contributed by atoms with Crippen LogP contribution in [0.5, 0.6) is 0 Å². The Balaban J connectivity index is 2.23. The highest BCUT2D eigenvalue weighted by molar-refractivity contribution is 5.76. The topological polar surface area (TPSA) is 52.6 Å². The van der Waals surface area contributed by atoms with Crippen LogP contribution in [0, 0.1) is 0 Å². The van der Waals surface area contributed by atoms with Crippen LogP contribution in [-0.2, 0) is 4.79 Å². The molecule has 0 bridgehead atoms. The van der Waals surface area contributed by atoms with Crippen molar-refractivity contribution in [1.29, 1.82) is 0 Å². The molecule has 1 amide bonds. The number of rotatable bonds is 4. The largest absolute Gasteiger partial charge is 0.392 e. The summed E-state index contributed by atoms with van der Waals surface area (Å²) in [6, 6.07) is 0.346. The van der Waals surface area contributed by atoms with Gasteiger partial charge in [0.1, 0.15) is 0 Å². The second kappa shape index (κ2) is 5.32. The highest BCUT2D eigenvalue weighted by Gasteiger charge is 2.22. The summed E-state index contributed by atoms with van der Waals surface area (Å²) in [7, 11) is 1.83. The Bertz CT molecular complexity index is 197. The Hall–Kier alpha value is -0.610. The number of piperidine rings is 1. The van der Waals surface area contributed by atoms with Crippen molar-refractivity contribution < 1.29 is 9.90 Å². The molecule has 0 aromatic rings. The average molecular weight is 200 g/mol. The minimum Gasteiger partial charge on any atom is -0.392 e. The number of amides is 1. The van der Waals surface area contributed by atoms with Crippen molar-refractivity contribution in [2.24, 2.45) is 0 Å². The molecule has 82 valence electrons. The smallest absolute Gasteiger partial charge is 0.222 e. The highest BCUT2D eigenvalue weighted by Crippen LogP contribution is 2.09. The third kappa shape index (κ3) is 3.27. The summed E-state index contributed by atoms with van der Waals surface area (Å²) in [5.41, 5.74) is 0. The molecule has 4 nitrogen and oxygen atoms in total. The van der Waals surface area contributed by atoms with Crippen LogP contribution >= 0.6 is 0 Å². The Labute approximate surface area is 85.3 Å². The lowest BCUT2D eigenvalue weighted by atomic mass is 10.1. The molecule has 0 radical (unpaired) electrons. The van der Waals surface area contributed by atoms with E-state index in [2.05, 4.69) is 5.32 Å². The number of aliphatic hydroxyl groups is 1. The van der Waals surface area contributed by atoms with Crippen molar-refractivity contribution in [2.75, 3.05) is 20.1 Å². The van der Waals surface area contributed by atoms with Gasteiger partial charge in [0.2, 0.25) is 5.91 Å². The maximum atomic E-state index is 11.2. The maximum Gasteiger partial charge on any atom is 0.222 e. The van der Waals surface area contributed by atoms with Crippen LogP contribution in [0.4, 0.5) is 0 Å². The van der Waals surface area contributed by atoms with Crippen LogP contribution in [0.15, 0.2) is 0 Å². The quantitative estimate of drug-likeness (QED) is 0.670. The standard InChI is InChI=1S/C10H20N2O2/c1-3-9(13)6-11-8-4-5-10(14)12(2)7-8/h8-9,11,13H,3-7H2,1-2H3. The van der Waals surface area contributed by atoms with E-state index in [0.29, 0.717) is 19.0 Å². The summed E-state index contributed by atoms with van der Waals surface area (Å²) in [6.07, 6.45) is 2.02. The maximum absolute atomic E-state index is 11.2. The molecule has 1 saturated heterocycles. The normalized spacial score (nSPS) is 25.2. The molecule has 2 N–H and O–H groups in total. The molecule has 0 spiro atoms. The number of carbonyl (C=O) groups is 1. The van der Waals surface area contributed by atoms with E-state index >= 15 is 0 Å². The van der Waals surface area contributed by atoms with Gasteiger partial charge < -0.3 is 15.3 Å². The van der Waals surface area contributed by atoms with Gasteiger partial charge in [-0.15, -0.1) is 0 Å². The number of carbonyl (C=O) groups excluding carboxylic acids is 1. The molecule has 2 unspecified atom stereocenters. The molecule has 1 heterocycles. The average Bonchev–Trinajstić information content (AvgIpc) is 2.19. The van der Waals surface area contributed by atoms with E-state index in [4.69, 9.17) is 0 Å². The Morgan fingerprint density at radius 2 is 2.43 bits per heavy atom. The van der Waals surface area contributed by atoms with Gasteiger partial charge in [-0.05, 0) is 12.8 Å². The van der Waals surface area contributed by atoms with Crippen molar-refractivity contribution in [3.8, 4) is 0 Å². The van der Waals surface area contributed by atoms with Crippen molar-refractivity contribution in [2.45, 2.75) is 38.3 Å². The molecule has 1 rings (SSSR count). The van der Waals surface area contributed by atoms with Gasteiger partial charge in [0, 0.05) is 32.6 Å². The zero-order chi connectivity index (χ0) is 10.6. The summed E-state index contributed by atoms with van der Waals surface area (Å²) in [4.78, 5) is 12.9. The van der Waals surface area contributed by atoms with Crippen LogP contribution < -0.4 is 5.32 Å². The van der Waals surface area contributed by atoms with Gasteiger partial charge >= 0.3 is 0 Å². The molecular weight excluding hydrogens is 180 g/mol. The van der Waals surface area contributed by atoms with E-state index in [1.165, 1.54) is 0 Å². The first-order valence-electron chi connectivity index (χ1n) is 5.29. The van der Waals surface area contributed by atoms with Gasteiger partial charge in [0.25, 0.3) is 0 Å².